The van der Waals surface area contributed by atoms with E-state index in [-0.39, 0.29) is 5.78 Å². The lowest BCUT2D eigenvalue weighted by molar-refractivity contribution is 0.0748. The molecule has 3 nitrogen and oxygen atoms in total. The Hall–Kier alpha value is -1.82. The van der Waals surface area contributed by atoms with Crippen molar-refractivity contribution in [3.8, 4) is 11.8 Å². The van der Waals surface area contributed by atoms with Gasteiger partial charge in [0, 0.05) is 5.56 Å². The van der Waals surface area contributed by atoms with Gasteiger partial charge < -0.3 is 4.74 Å². The molecule has 94 valence electrons. The Labute approximate surface area is 107 Å². The zero-order valence-electron chi connectivity index (χ0n) is 11.0. The van der Waals surface area contributed by atoms with Crippen LogP contribution in [0.2, 0.25) is 0 Å². The maximum absolute atomic E-state index is 12.4. The van der Waals surface area contributed by atoms with Crippen LogP contribution in [0.5, 0.6) is 5.75 Å². The van der Waals surface area contributed by atoms with E-state index in [4.69, 9.17) is 4.74 Å². The highest BCUT2D eigenvalue weighted by atomic mass is 16.5. The summed E-state index contributed by atoms with van der Waals surface area (Å²) in [6.07, 6.45) is 2.34. The van der Waals surface area contributed by atoms with E-state index in [1.54, 1.807) is 7.11 Å². The standard InChI is InChI=1S/C15H17NO2/c1-10-7-12(8-11(2)13(10)18-3)14(17)15(9-16)5-4-6-15/h7-8H,4-6H2,1-3H3. The largest absolute Gasteiger partial charge is 0.496 e. The molecule has 3 heteroatoms. The number of carbonyl (C=O) groups excluding carboxylic acids is 1. The topological polar surface area (TPSA) is 50.1 Å². The average Bonchev–Trinajstić information content (AvgIpc) is 2.27. The number of carbonyl (C=O) groups is 1. The minimum absolute atomic E-state index is 0.0369. The molecule has 0 atom stereocenters. The highest BCUT2D eigenvalue weighted by Crippen LogP contribution is 2.43. The molecule has 1 aliphatic rings. The summed E-state index contributed by atoms with van der Waals surface area (Å²) in [5, 5.41) is 9.21. The van der Waals surface area contributed by atoms with Crippen molar-refractivity contribution in [2.75, 3.05) is 7.11 Å². The number of nitriles is 1. The van der Waals surface area contributed by atoms with Gasteiger partial charge in [-0.15, -0.1) is 0 Å². The van der Waals surface area contributed by atoms with Crippen molar-refractivity contribution in [1.82, 2.24) is 0 Å². The molecule has 0 radical (unpaired) electrons. The van der Waals surface area contributed by atoms with Crippen molar-refractivity contribution in [2.45, 2.75) is 33.1 Å². The van der Waals surface area contributed by atoms with Gasteiger partial charge in [0.05, 0.1) is 13.2 Å². The molecule has 1 saturated carbocycles. The predicted molar refractivity (Wildman–Crippen MR) is 68.7 cm³/mol. The summed E-state index contributed by atoms with van der Waals surface area (Å²) in [5.74, 6) is 0.774. The van der Waals surface area contributed by atoms with E-state index in [1.807, 2.05) is 26.0 Å². The zero-order valence-corrected chi connectivity index (χ0v) is 11.0. The zero-order chi connectivity index (χ0) is 13.3. The minimum Gasteiger partial charge on any atom is -0.496 e. The van der Waals surface area contributed by atoms with E-state index in [0.29, 0.717) is 18.4 Å². The molecular weight excluding hydrogens is 226 g/mol. The molecule has 0 aromatic heterocycles. The van der Waals surface area contributed by atoms with Gasteiger partial charge in [-0.2, -0.15) is 5.26 Å². The Morgan fingerprint density at radius 2 is 1.89 bits per heavy atom. The molecule has 18 heavy (non-hydrogen) atoms. The first kappa shape index (κ1) is 12.6. The highest BCUT2D eigenvalue weighted by Gasteiger charge is 2.44. The Morgan fingerprint density at radius 3 is 2.22 bits per heavy atom. The number of Topliss-reactive ketones (excluding diaryl/α,β-unsaturated/α-hetero) is 1. The molecular formula is C15H17NO2. The molecule has 1 aliphatic carbocycles. The van der Waals surface area contributed by atoms with Crippen molar-refractivity contribution in [1.29, 1.82) is 5.26 Å². The van der Waals surface area contributed by atoms with Crippen LogP contribution in [0.15, 0.2) is 12.1 Å². The van der Waals surface area contributed by atoms with Gasteiger partial charge in [-0.05, 0) is 56.4 Å². The summed E-state index contributed by atoms with van der Waals surface area (Å²) >= 11 is 0. The van der Waals surface area contributed by atoms with E-state index in [9.17, 15) is 10.1 Å². The van der Waals surface area contributed by atoms with Crippen LogP contribution in [0.4, 0.5) is 0 Å². The number of ether oxygens (including phenoxy) is 1. The summed E-state index contributed by atoms with van der Waals surface area (Å²) < 4.78 is 5.29. The molecule has 1 fully saturated rings. The SMILES string of the molecule is COc1c(C)cc(C(=O)C2(C#N)CCC2)cc1C. The summed E-state index contributed by atoms with van der Waals surface area (Å²) in [4.78, 5) is 12.4. The highest BCUT2D eigenvalue weighted by molar-refractivity contribution is 6.03. The van der Waals surface area contributed by atoms with Gasteiger partial charge >= 0.3 is 0 Å². The van der Waals surface area contributed by atoms with Gasteiger partial charge in [-0.25, -0.2) is 0 Å². The van der Waals surface area contributed by atoms with Gasteiger partial charge in [0.1, 0.15) is 11.2 Å². The Morgan fingerprint density at radius 1 is 1.33 bits per heavy atom. The average molecular weight is 243 g/mol. The van der Waals surface area contributed by atoms with Gasteiger partial charge in [0.15, 0.2) is 5.78 Å². The number of ketones is 1. The molecule has 1 aromatic carbocycles. The number of methoxy groups -OCH3 is 1. The molecule has 2 rings (SSSR count). The van der Waals surface area contributed by atoms with E-state index in [1.165, 1.54) is 0 Å². The van der Waals surface area contributed by atoms with Crippen LogP contribution >= 0.6 is 0 Å². The number of benzene rings is 1. The first-order valence-electron chi connectivity index (χ1n) is 6.15. The second-order valence-electron chi connectivity index (χ2n) is 5.02. The van der Waals surface area contributed by atoms with Gasteiger partial charge in [0.2, 0.25) is 0 Å². The van der Waals surface area contributed by atoms with Gasteiger partial charge in [-0.3, -0.25) is 4.79 Å². The Balaban J connectivity index is 2.41. The first-order chi connectivity index (χ1) is 8.54. The molecule has 0 heterocycles. The van der Waals surface area contributed by atoms with E-state index in [0.717, 1.165) is 23.3 Å². The van der Waals surface area contributed by atoms with Crippen LogP contribution in [0.25, 0.3) is 0 Å². The fourth-order valence-electron chi connectivity index (χ4n) is 2.60. The van der Waals surface area contributed by atoms with Crippen LogP contribution in [0.3, 0.4) is 0 Å². The maximum Gasteiger partial charge on any atom is 0.183 e. The fraction of sp³-hybridized carbons (Fsp3) is 0.467. The second-order valence-corrected chi connectivity index (χ2v) is 5.02. The lowest BCUT2D eigenvalue weighted by atomic mass is 9.65. The van der Waals surface area contributed by atoms with Gasteiger partial charge in [0.25, 0.3) is 0 Å². The van der Waals surface area contributed by atoms with Crippen LogP contribution in [0.1, 0.15) is 40.7 Å². The normalized spacial score (nSPS) is 16.6. The molecule has 0 bridgehead atoms. The van der Waals surface area contributed by atoms with Crippen LogP contribution in [-0.4, -0.2) is 12.9 Å². The number of hydrogen-bond acceptors (Lipinski definition) is 3. The van der Waals surface area contributed by atoms with Crippen LogP contribution < -0.4 is 4.74 Å². The number of nitrogens with zero attached hydrogens (tertiary/aromatic N) is 1. The quantitative estimate of drug-likeness (QED) is 0.766. The van der Waals surface area contributed by atoms with E-state index in [2.05, 4.69) is 6.07 Å². The van der Waals surface area contributed by atoms with Crippen LogP contribution in [-0.2, 0) is 0 Å². The number of aryl methyl sites for hydroxylation is 2. The smallest absolute Gasteiger partial charge is 0.183 e. The van der Waals surface area contributed by atoms with Crippen molar-refractivity contribution in [2.24, 2.45) is 5.41 Å². The number of rotatable bonds is 3. The predicted octanol–water partition coefficient (Wildman–Crippen LogP) is 3.19. The molecule has 0 unspecified atom stereocenters. The Bertz CT molecular complexity index is 513. The Kier molecular flexibility index (Phi) is 3.13. The third-order valence-corrected chi connectivity index (χ3v) is 3.78. The maximum atomic E-state index is 12.4. The summed E-state index contributed by atoms with van der Waals surface area (Å²) in [7, 11) is 1.62. The third-order valence-electron chi connectivity index (χ3n) is 3.78. The van der Waals surface area contributed by atoms with Crippen molar-refractivity contribution in [3.05, 3.63) is 28.8 Å². The van der Waals surface area contributed by atoms with Gasteiger partial charge in [-0.1, -0.05) is 0 Å². The van der Waals surface area contributed by atoms with E-state index < -0.39 is 5.41 Å². The second kappa shape index (κ2) is 4.45. The molecule has 0 spiro atoms. The number of hydrogen-bond donors (Lipinski definition) is 0. The molecule has 0 N–H and O–H groups in total. The summed E-state index contributed by atoms with van der Waals surface area (Å²) in [5.41, 5.74) is 1.74. The third kappa shape index (κ3) is 1.78. The van der Waals surface area contributed by atoms with Crippen molar-refractivity contribution in [3.63, 3.8) is 0 Å². The first-order valence-corrected chi connectivity index (χ1v) is 6.15. The van der Waals surface area contributed by atoms with Crippen LogP contribution in [0, 0.1) is 30.6 Å². The molecule has 0 saturated heterocycles. The molecule has 0 amide bonds. The summed E-state index contributed by atoms with van der Waals surface area (Å²) in [6, 6.07) is 5.85. The minimum atomic E-state index is -0.770. The lowest BCUT2D eigenvalue weighted by Crippen LogP contribution is -2.36. The van der Waals surface area contributed by atoms with E-state index >= 15 is 0 Å². The molecule has 0 aliphatic heterocycles. The summed E-state index contributed by atoms with van der Waals surface area (Å²) in [6.45, 7) is 3.84. The van der Waals surface area contributed by atoms with Crippen molar-refractivity contribution >= 4 is 5.78 Å². The molecule has 1 aromatic rings. The fourth-order valence-corrected chi connectivity index (χ4v) is 2.60. The monoisotopic (exact) mass is 243 g/mol. The van der Waals surface area contributed by atoms with Crippen molar-refractivity contribution < 1.29 is 9.53 Å². The lowest BCUT2D eigenvalue weighted by Gasteiger charge is -2.33.